The van der Waals surface area contributed by atoms with Gasteiger partial charge in [0.2, 0.25) is 5.95 Å². The molecule has 1 aliphatic carbocycles. The van der Waals surface area contributed by atoms with Crippen LogP contribution in [0.1, 0.15) is 43.0 Å². The first-order valence-electron chi connectivity index (χ1n) is 9.43. The number of allylic oxidation sites excluding steroid dienone is 2. The number of Topliss-reactive ketones (excluding diaryl/α,β-unsaturated/α-hetero) is 1. The predicted octanol–water partition coefficient (Wildman–Crippen LogP) is 3.69. The Morgan fingerprint density at radius 2 is 2.21 bits per heavy atom. The molecule has 0 spiro atoms. The number of benzene rings is 1. The van der Waals surface area contributed by atoms with E-state index in [1.54, 1.807) is 10.9 Å². The van der Waals surface area contributed by atoms with Gasteiger partial charge in [-0.05, 0) is 43.2 Å². The molecule has 5 rings (SSSR count). The summed E-state index contributed by atoms with van der Waals surface area (Å²) in [5, 5.41) is 7.70. The Hall–Kier alpha value is -3.35. The van der Waals surface area contributed by atoms with Gasteiger partial charge in [0.25, 0.3) is 0 Å². The van der Waals surface area contributed by atoms with E-state index in [0.717, 1.165) is 28.3 Å². The number of fused-ring (bicyclic) bond motifs is 1. The molecular weight excluding hydrogens is 356 g/mol. The van der Waals surface area contributed by atoms with Gasteiger partial charge in [-0.1, -0.05) is 12.1 Å². The lowest BCUT2D eigenvalue weighted by atomic mass is 9.79. The lowest BCUT2D eigenvalue weighted by Crippen LogP contribution is -2.33. The number of nitrogens with one attached hydrogen (secondary N) is 1. The highest BCUT2D eigenvalue weighted by atomic mass is 16.5. The summed E-state index contributed by atoms with van der Waals surface area (Å²) in [6.07, 6.45) is 4.27. The Bertz CT molecular complexity index is 1050. The van der Waals surface area contributed by atoms with Crippen LogP contribution in [0.2, 0.25) is 0 Å². The predicted molar refractivity (Wildman–Crippen MR) is 102 cm³/mol. The van der Waals surface area contributed by atoms with Gasteiger partial charge < -0.3 is 14.5 Å². The Balaban J connectivity index is 1.60. The highest BCUT2D eigenvalue weighted by Crippen LogP contribution is 2.44. The number of nitrogens with zero attached hydrogens (tertiary/aromatic N) is 3. The van der Waals surface area contributed by atoms with Crippen LogP contribution in [-0.4, -0.2) is 27.2 Å². The van der Waals surface area contributed by atoms with Gasteiger partial charge in [0.05, 0.1) is 12.9 Å². The van der Waals surface area contributed by atoms with E-state index in [2.05, 4.69) is 15.4 Å². The second kappa shape index (κ2) is 6.67. The van der Waals surface area contributed by atoms with E-state index in [0.29, 0.717) is 25.4 Å². The monoisotopic (exact) mass is 376 g/mol. The summed E-state index contributed by atoms with van der Waals surface area (Å²) in [5.74, 6) is 2.38. The van der Waals surface area contributed by atoms with Gasteiger partial charge in [0.15, 0.2) is 5.78 Å². The maximum atomic E-state index is 13.2. The fourth-order valence-corrected chi connectivity index (χ4v) is 4.13. The number of rotatable bonds is 4. The lowest BCUT2D eigenvalue weighted by molar-refractivity contribution is -0.117. The Morgan fingerprint density at radius 1 is 1.29 bits per heavy atom. The molecule has 0 saturated heterocycles. The second-order valence-corrected chi connectivity index (χ2v) is 7.00. The molecule has 0 saturated carbocycles. The average molecular weight is 376 g/mol. The molecule has 3 heterocycles. The summed E-state index contributed by atoms with van der Waals surface area (Å²) in [6.45, 7) is 2.54. The highest BCUT2D eigenvalue weighted by Gasteiger charge is 2.39. The molecule has 28 heavy (non-hydrogen) atoms. The molecule has 2 aliphatic rings. The smallest absolute Gasteiger partial charge is 0.226 e. The van der Waals surface area contributed by atoms with Gasteiger partial charge in [-0.3, -0.25) is 4.79 Å². The van der Waals surface area contributed by atoms with Crippen molar-refractivity contribution in [1.82, 2.24) is 14.8 Å². The molecule has 0 amide bonds. The third-order valence-electron chi connectivity index (χ3n) is 5.29. The number of carbonyl (C=O) groups is 1. The first-order chi connectivity index (χ1) is 13.7. The summed E-state index contributed by atoms with van der Waals surface area (Å²) in [7, 11) is 0. The minimum absolute atomic E-state index is 0.0265. The van der Waals surface area contributed by atoms with Crippen molar-refractivity contribution in [2.45, 2.75) is 31.7 Å². The van der Waals surface area contributed by atoms with E-state index in [9.17, 15) is 4.79 Å². The van der Waals surface area contributed by atoms with Crippen molar-refractivity contribution in [3.8, 4) is 5.75 Å². The second-order valence-electron chi connectivity index (χ2n) is 7.00. The highest BCUT2D eigenvalue weighted by molar-refractivity contribution is 6.00. The summed E-state index contributed by atoms with van der Waals surface area (Å²) in [6, 6.07) is 11.3. The van der Waals surface area contributed by atoms with Crippen LogP contribution in [0.3, 0.4) is 0 Å². The largest absolute Gasteiger partial charge is 0.494 e. The molecule has 3 aromatic rings. The van der Waals surface area contributed by atoms with E-state index >= 15 is 0 Å². The molecule has 1 aliphatic heterocycles. The fourth-order valence-electron chi connectivity index (χ4n) is 4.13. The van der Waals surface area contributed by atoms with Gasteiger partial charge in [0.1, 0.15) is 23.9 Å². The van der Waals surface area contributed by atoms with Crippen LogP contribution in [0.25, 0.3) is 0 Å². The zero-order valence-electron chi connectivity index (χ0n) is 15.5. The molecule has 2 atom stereocenters. The van der Waals surface area contributed by atoms with Crippen molar-refractivity contribution in [2.75, 3.05) is 11.9 Å². The van der Waals surface area contributed by atoms with Crippen molar-refractivity contribution in [3.63, 3.8) is 0 Å². The number of furan rings is 1. The number of ether oxygens (including phenoxy) is 1. The van der Waals surface area contributed by atoms with Gasteiger partial charge in [-0.15, -0.1) is 0 Å². The molecule has 0 radical (unpaired) electrons. The number of carbonyl (C=O) groups excluding carboxylic acids is 1. The SMILES string of the molecule is CCOc1cccc([C@@H]2C3=C(C[C@@H](c4ccco4)CC3=O)Nc3ncnn32)c1. The van der Waals surface area contributed by atoms with Crippen LogP contribution < -0.4 is 10.1 Å². The summed E-state index contributed by atoms with van der Waals surface area (Å²) in [4.78, 5) is 17.6. The maximum absolute atomic E-state index is 13.2. The van der Waals surface area contributed by atoms with E-state index in [-0.39, 0.29) is 17.7 Å². The number of ketones is 1. The quantitative estimate of drug-likeness (QED) is 0.748. The third-order valence-corrected chi connectivity index (χ3v) is 5.29. The van der Waals surface area contributed by atoms with Gasteiger partial charge in [-0.2, -0.15) is 10.1 Å². The van der Waals surface area contributed by atoms with Crippen LogP contribution in [0.15, 0.2) is 64.7 Å². The number of hydrogen-bond donors (Lipinski definition) is 1. The molecule has 142 valence electrons. The van der Waals surface area contributed by atoms with E-state index in [1.807, 2.05) is 43.3 Å². The van der Waals surface area contributed by atoms with Crippen molar-refractivity contribution >= 4 is 11.7 Å². The minimum Gasteiger partial charge on any atom is -0.494 e. The number of aromatic nitrogens is 3. The van der Waals surface area contributed by atoms with Gasteiger partial charge in [0, 0.05) is 23.6 Å². The van der Waals surface area contributed by atoms with Gasteiger partial charge in [-0.25, -0.2) is 4.68 Å². The van der Waals surface area contributed by atoms with Crippen molar-refractivity contribution in [2.24, 2.45) is 0 Å². The van der Waals surface area contributed by atoms with Crippen LogP contribution in [0.5, 0.6) is 5.75 Å². The van der Waals surface area contributed by atoms with Crippen molar-refractivity contribution in [3.05, 3.63) is 71.6 Å². The average Bonchev–Trinajstić information content (AvgIpc) is 3.38. The van der Waals surface area contributed by atoms with Crippen LogP contribution in [0, 0.1) is 0 Å². The minimum atomic E-state index is -0.320. The molecular formula is C21H20N4O3. The first kappa shape index (κ1) is 16.8. The number of hydrogen-bond acceptors (Lipinski definition) is 6. The Kier molecular flexibility index (Phi) is 4.00. The normalized spacial score (nSPS) is 21.1. The van der Waals surface area contributed by atoms with Crippen molar-refractivity contribution in [1.29, 1.82) is 0 Å². The molecule has 0 bridgehead atoms. The standard InChI is InChI=1S/C21H20N4O3/c1-2-27-15-6-3-5-13(9-15)20-19-16(24-21-22-12-23-25(20)21)10-14(11-17(19)26)18-7-4-8-28-18/h3-9,12,14,20H,2,10-11H2,1H3,(H,22,23,24)/t14-,20-/m1/s1. The third kappa shape index (κ3) is 2.70. The molecule has 2 aromatic heterocycles. The zero-order chi connectivity index (χ0) is 19.1. The van der Waals surface area contributed by atoms with Crippen LogP contribution in [-0.2, 0) is 4.79 Å². The zero-order valence-corrected chi connectivity index (χ0v) is 15.5. The van der Waals surface area contributed by atoms with E-state index in [1.165, 1.54) is 6.33 Å². The molecule has 1 N–H and O–H groups in total. The summed E-state index contributed by atoms with van der Waals surface area (Å²) in [5.41, 5.74) is 2.59. The fraction of sp³-hybridized carbons (Fsp3) is 0.286. The lowest BCUT2D eigenvalue weighted by Gasteiger charge is -2.34. The van der Waals surface area contributed by atoms with E-state index < -0.39 is 0 Å². The summed E-state index contributed by atoms with van der Waals surface area (Å²) >= 11 is 0. The topological polar surface area (TPSA) is 82.2 Å². The molecule has 7 nitrogen and oxygen atoms in total. The van der Waals surface area contributed by atoms with Crippen molar-refractivity contribution < 1.29 is 13.9 Å². The molecule has 0 unspecified atom stereocenters. The van der Waals surface area contributed by atoms with Crippen LogP contribution in [0.4, 0.5) is 5.95 Å². The Labute approximate surface area is 162 Å². The van der Waals surface area contributed by atoms with Gasteiger partial charge >= 0.3 is 0 Å². The molecule has 0 fully saturated rings. The first-order valence-corrected chi connectivity index (χ1v) is 9.43. The van der Waals surface area contributed by atoms with E-state index in [4.69, 9.17) is 9.15 Å². The Morgan fingerprint density at radius 3 is 3.04 bits per heavy atom. The molecule has 1 aromatic carbocycles. The van der Waals surface area contributed by atoms with Crippen LogP contribution >= 0.6 is 0 Å². The maximum Gasteiger partial charge on any atom is 0.226 e. The summed E-state index contributed by atoms with van der Waals surface area (Å²) < 4.78 is 13.0. The molecule has 7 heteroatoms. The number of anilines is 1.